The number of nitrogens with zero attached hydrogens (tertiary/aromatic N) is 2. The summed E-state index contributed by atoms with van der Waals surface area (Å²) in [5.41, 5.74) is 4.49. The van der Waals surface area contributed by atoms with Crippen molar-refractivity contribution in [1.82, 2.24) is 9.55 Å². The van der Waals surface area contributed by atoms with Gasteiger partial charge in [-0.15, -0.1) is 0 Å². The van der Waals surface area contributed by atoms with Crippen LogP contribution in [-0.2, 0) is 4.74 Å². The molecule has 0 radical (unpaired) electrons. The zero-order valence-electron chi connectivity index (χ0n) is 10.7. The average Bonchev–Trinajstić information content (AvgIpc) is 2.78. The predicted molar refractivity (Wildman–Crippen MR) is 69.2 cm³/mol. The van der Waals surface area contributed by atoms with Gasteiger partial charge in [-0.25, -0.2) is 13.6 Å². The Hall–Kier alpha value is -2.10. The third kappa shape index (κ3) is 2.71. The van der Waals surface area contributed by atoms with Crippen LogP contribution in [0.4, 0.5) is 14.6 Å². The molecule has 3 unspecified atom stereocenters. The first kappa shape index (κ1) is 15.3. The van der Waals surface area contributed by atoms with Crippen molar-refractivity contribution in [2.75, 3.05) is 12.3 Å². The van der Waals surface area contributed by atoms with Gasteiger partial charge in [-0.2, -0.15) is 4.98 Å². The Bertz CT molecular complexity index is 644. The molecule has 1 aromatic heterocycles. The van der Waals surface area contributed by atoms with Gasteiger partial charge in [0, 0.05) is 17.3 Å². The van der Waals surface area contributed by atoms with Crippen molar-refractivity contribution in [3.05, 3.63) is 40.5 Å². The van der Waals surface area contributed by atoms with Gasteiger partial charge < -0.3 is 20.7 Å². The molecule has 1 aliphatic heterocycles. The highest BCUT2D eigenvalue weighted by molar-refractivity contribution is 5.58. The molecule has 0 aliphatic carbocycles. The Labute approximate surface area is 117 Å². The first-order valence-electron chi connectivity index (χ1n) is 5.93. The molecule has 1 aliphatic rings. The van der Waals surface area contributed by atoms with Gasteiger partial charge >= 0.3 is 5.69 Å². The SMILES string of the molecule is Nc1nc(=O)n(C2OC(CO)/C(=C/F)C2O)cc1/C=C\F. The van der Waals surface area contributed by atoms with Crippen molar-refractivity contribution < 1.29 is 23.7 Å². The van der Waals surface area contributed by atoms with E-state index < -0.39 is 30.7 Å². The maximum absolute atomic E-state index is 12.7. The minimum absolute atomic E-state index is 0.0890. The van der Waals surface area contributed by atoms with Crippen molar-refractivity contribution in [3.63, 3.8) is 0 Å². The predicted octanol–water partition coefficient (Wildman–Crippen LogP) is -0.130. The fourth-order valence-electron chi connectivity index (χ4n) is 2.05. The molecule has 1 fully saturated rings. The quantitative estimate of drug-likeness (QED) is 0.717. The van der Waals surface area contributed by atoms with Crippen molar-refractivity contribution in [3.8, 4) is 0 Å². The number of halogens is 2. The van der Waals surface area contributed by atoms with E-state index in [4.69, 9.17) is 15.6 Å². The number of rotatable bonds is 3. The van der Waals surface area contributed by atoms with Crippen molar-refractivity contribution in [2.45, 2.75) is 18.4 Å². The van der Waals surface area contributed by atoms with Crippen LogP contribution in [0.3, 0.4) is 0 Å². The van der Waals surface area contributed by atoms with Gasteiger partial charge in [-0.3, -0.25) is 4.57 Å². The van der Waals surface area contributed by atoms with E-state index in [-0.39, 0.29) is 29.6 Å². The first-order valence-corrected chi connectivity index (χ1v) is 5.93. The van der Waals surface area contributed by atoms with Crippen LogP contribution in [-0.4, -0.2) is 38.6 Å². The summed E-state index contributed by atoms with van der Waals surface area (Å²) in [6, 6.07) is 0. The highest BCUT2D eigenvalue weighted by Crippen LogP contribution is 2.32. The number of aliphatic hydroxyl groups excluding tert-OH is 2. The molecular formula is C12H13F2N3O4. The molecule has 21 heavy (non-hydrogen) atoms. The number of ether oxygens (including phenoxy) is 1. The maximum atomic E-state index is 12.7. The molecule has 0 saturated carbocycles. The van der Waals surface area contributed by atoms with E-state index in [9.17, 15) is 18.7 Å². The third-order valence-corrected chi connectivity index (χ3v) is 3.11. The van der Waals surface area contributed by atoms with Crippen LogP contribution in [0.25, 0.3) is 6.08 Å². The second kappa shape index (κ2) is 6.12. The van der Waals surface area contributed by atoms with Gasteiger partial charge in [0.25, 0.3) is 0 Å². The monoisotopic (exact) mass is 301 g/mol. The number of nitrogen functional groups attached to an aromatic ring is 1. The molecule has 0 spiro atoms. The number of hydrogen-bond acceptors (Lipinski definition) is 6. The van der Waals surface area contributed by atoms with Gasteiger partial charge in [0.2, 0.25) is 0 Å². The summed E-state index contributed by atoms with van der Waals surface area (Å²) >= 11 is 0. The van der Waals surface area contributed by atoms with Gasteiger partial charge in [-0.1, -0.05) is 0 Å². The fourth-order valence-corrected chi connectivity index (χ4v) is 2.05. The largest absolute Gasteiger partial charge is 0.393 e. The summed E-state index contributed by atoms with van der Waals surface area (Å²) in [5, 5.41) is 19.0. The molecule has 2 heterocycles. The molecule has 114 valence electrons. The van der Waals surface area contributed by atoms with Crippen LogP contribution >= 0.6 is 0 Å². The molecule has 7 nitrogen and oxygen atoms in total. The van der Waals surface area contributed by atoms with Crippen molar-refractivity contribution >= 4 is 11.9 Å². The molecule has 2 rings (SSSR count). The molecule has 9 heteroatoms. The minimum atomic E-state index is -1.49. The third-order valence-electron chi connectivity index (χ3n) is 3.11. The average molecular weight is 301 g/mol. The van der Waals surface area contributed by atoms with Crippen molar-refractivity contribution in [1.29, 1.82) is 0 Å². The van der Waals surface area contributed by atoms with Crippen LogP contribution in [0.15, 0.2) is 29.2 Å². The Morgan fingerprint density at radius 2 is 2.24 bits per heavy atom. The molecular weight excluding hydrogens is 288 g/mol. The van der Waals surface area contributed by atoms with Gasteiger partial charge in [0.15, 0.2) is 6.23 Å². The molecule has 4 N–H and O–H groups in total. The lowest BCUT2D eigenvalue weighted by molar-refractivity contribution is -0.0527. The van der Waals surface area contributed by atoms with E-state index >= 15 is 0 Å². The summed E-state index contributed by atoms with van der Waals surface area (Å²) in [7, 11) is 0. The maximum Gasteiger partial charge on any atom is 0.351 e. The molecule has 0 bridgehead atoms. The van der Waals surface area contributed by atoms with Crippen LogP contribution in [0.1, 0.15) is 11.8 Å². The van der Waals surface area contributed by atoms with Gasteiger partial charge in [0.1, 0.15) is 18.0 Å². The smallest absolute Gasteiger partial charge is 0.351 e. The summed E-state index contributed by atoms with van der Waals surface area (Å²) < 4.78 is 31.1. The Morgan fingerprint density at radius 3 is 2.76 bits per heavy atom. The highest BCUT2D eigenvalue weighted by Gasteiger charge is 2.40. The Kier molecular flexibility index (Phi) is 4.46. The van der Waals surface area contributed by atoms with Crippen LogP contribution < -0.4 is 11.4 Å². The molecule has 1 aromatic rings. The summed E-state index contributed by atoms with van der Waals surface area (Å²) in [4.78, 5) is 15.3. The second-order valence-electron chi connectivity index (χ2n) is 4.32. The Balaban J connectivity index is 2.47. The number of nitrogens with two attached hydrogens (primary N) is 1. The topological polar surface area (TPSA) is 111 Å². The molecule has 0 aromatic carbocycles. The zero-order chi connectivity index (χ0) is 15.6. The highest BCUT2D eigenvalue weighted by atomic mass is 19.1. The van der Waals surface area contributed by atoms with Crippen molar-refractivity contribution in [2.24, 2.45) is 0 Å². The molecule has 3 atom stereocenters. The molecule has 1 saturated heterocycles. The summed E-state index contributed by atoms with van der Waals surface area (Å²) in [6.45, 7) is -0.572. The van der Waals surface area contributed by atoms with E-state index in [1.54, 1.807) is 0 Å². The Morgan fingerprint density at radius 1 is 1.52 bits per heavy atom. The number of aliphatic hydroxyl groups is 2. The lowest BCUT2D eigenvalue weighted by Gasteiger charge is -2.17. The lowest BCUT2D eigenvalue weighted by Crippen LogP contribution is -2.32. The van der Waals surface area contributed by atoms with E-state index in [0.717, 1.165) is 16.8 Å². The normalized spacial score (nSPS) is 27.8. The zero-order valence-corrected chi connectivity index (χ0v) is 10.7. The van der Waals surface area contributed by atoms with Crippen LogP contribution in [0.5, 0.6) is 0 Å². The molecule has 0 amide bonds. The van der Waals surface area contributed by atoms with Gasteiger partial charge in [0.05, 0.1) is 19.3 Å². The van der Waals surface area contributed by atoms with E-state index in [1.165, 1.54) is 0 Å². The summed E-state index contributed by atoms with van der Waals surface area (Å²) in [5.74, 6) is -0.197. The lowest BCUT2D eigenvalue weighted by atomic mass is 10.1. The second-order valence-corrected chi connectivity index (χ2v) is 4.32. The number of aromatic nitrogens is 2. The van der Waals surface area contributed by atoms with E-state index in [0.29, 0.717) is 0 Å². The van der Waals surface area contributed by atoms with Crippen LogP contribution in [0.2, 0.25) is 0 Å². The minimum Gasteiger partial charge on any atom is -0.393 e. The van der Waals surface area contributed by atoms with Crippen LogP contribution in [0, 0.1) is 0 Å². The summed E-state index contributed by atoms with van der Waals surface area (Å²) in [6.07, 6.45) is -1.45. The fraction of sp³-hybridized carbons (Fsp3) is 0.333. The standard InChI is InChI=1S/C12H13F2N3O4/c13-2-1-6-4-17(12(20)16-10(6)15)11-9(19)7(3-14)8(5-18)21-11/h1-4,8-9,11,18-19H,5H2,(H2,15,16,20)/b2-1-,7-3-. The van der Waals surface area contributed by atoms with E-state index in [1.807, 2.05) is 0 Å². The number of hydrogen-bond donors (Lipinski definition) is 3. The number of anilines is 1. The first-order chi connectivity index (χ1) is 10.0. The van der Waals surface area contributed by atoms with Gasteiger partial charge in [-0.05, 0) is 6.08 Å². The van der Waals surface area contributed by atoms with E-state index in [2.05, 4.69) is 4.98 Å².